The zero-order valence-electron chi connectivity index (χ0n) is 13.0. The highest BCUT2D eigenvalue weighted by Gasteiger charge is 2.17. The number of nitrogens with one attached hydrogen (secondary N) is 2. The van der Waals surface area contributed by atoms with Crippen LogP contribution in [0.25, 0.3) is 0 Å². The van der Waals surface area contributed by atoms with E-state index < -0.39 is 16.0 Å². The summed E-state index contributed by atoms with van der Waals surface area (Å²) in [5, 5.41) is 11.2. The fraction of sp³-hybridized carbons (Fsp3) is 0.429. The highest BCUT2D eigenvalue weighted by Crippen LogP contribution is 2.15. The molecule has 0 spiro atoms. The lowest BCUT2D eigenvalue weighted by Crippen LogP contribution is -2.28. The van der Waals surface area contributed by atoms with E-state index in [1.54, 1.807) is 19.9 Å². The van der Waals surface area contributed by atoms with Crippen molar-refractivity contribution in [2.75, 3.05) is 24.6 Å². The van der Waals surface area contributed by atoms with Crippen LogP contribution in [0.2, 0.25) is 0 Å². The van der Waals surface area contributed by atoms with Crippen LogP contribution in [0.5, 0.6) is 0 Å². The lowest BCUT2D eigenvalue weighted by atomic mass is 10.1. The minimum Gasteiger partial charge on any atom is -0.481 e. The predicted octanol–water partition coefficient (Wildman–Crippen LogP) is 0.841. The van der Waals surface area contributed by atoms with Crippen LogP contribution in [0.15, 0.2) is 23.1 Å². The number of hydrogen-bond donors (Lipinski definition) is 3. The number of aryl methyl sites for hydroxylation is 1. The van der Waals surface area contributed by atoms with Crippen LogP contribution < -0.4 is 10.0 Å². The highest BCUT2D eigenvalue weighted by molar-refractivity contribution is 7.99. The maximum Gasteiger partial charge on any atom is 0.313 e. The third-order valence-electron chi connectivity index (χ3n) is 2.86. The van der Waals surface area contributed by atoms with Crippen LogP contribution in [0, 0.1) is 6.92 Å². The van der Waals surface area contributed by atoms with E-state index >= 15 is 0 Å². The Balaban J connectivity index is 2.75. The number of carboxylic acids is 1. The van der Waals surface area contributed by atoms with Gasteiger partial charge in [-0.25, -0.2) is 13.1 Å². The third-order valence-corrected chi connectivity index (χ3v) is 5.34. The van der Waals surface area contributed by atoms with E-state index in [0.717, 1.165) is 0 Å². The molecule has 23 heavy (non-hydrogen) atoms. The third kappa shape index (κ3) is 6.20. The van der Waals surface area contributed by atoms with Gasteiger partial charge in [-0.1, -0.05) is 13.0 Å². The molecule has 0 unspecified atom stereocenters. The van der Waals surface area contributed by atoms with Gasteiger partial charge in [0.1, 0.15) is 0 Å². The Morgan fingerprint density at radius 3 is 2.61 bits per heavy atom. The van der Waals surface area contributed by atoms with E-state index in [1.165, 1.54) is 23.9 Å². The van der Waals surface area contributed by atoms with Gasteiger partial charge >= 0.3 is 5.97 Å². The molecule has 1 amide bonds. The van der Waals surface area contributed by atoms with Gasteiger partial charge in [0, 0.05) is 24.4 Å². The number of rotatable bonds is 9. The molecule has 0 heterocycles. The SMILES string of the molecule is CCNS(=O)(=O)c1ccc(C)c(C(=O)NCCSCC(=O)O)c1. The van der Waals surface area contributed by atoms with Gasteiger partial charge in [-0.05, 0) is 24.6 Å². The van der Waals surface area contributed by atoms with E-state index in [1.807, 2.05) is 0 Å². The summed E-state index contributed by atoms with van der Waals surface area (Å²) in [6, 6.07) is 4.37. The summed E-state index contributed by atoms with van der Waals surface area (Å²) in [4.78, 5) is 22.6. The number of thioether (sulfide) groups is 1. The van der Waals surface area contributed by atoms with Crippen molar-refractivity contribution in [1.29, 1.82) is 0 Å². The van der Waals surface area contributed by atoms with Gasteiger partial charge in [0.15, 0.2) is 0 Å². The van der Waals surface area contributed by atoms with Crippen molar-refractivity contribution in [3.8, 4) is 0 Å². The number of carbonyl (C=O) groups excluding carboxylic acids is 1. The van der Waals surface area contributed by atoms with Crippen molar-refractivity contribution in [3.05, 3.63) is 29.3 Å². The Hall–Kier alpha value is -1.58. The molecule has 0 aliphatic rings. The fourth-order valence-corrected chi connectivity index (χ4v) is 3.41. The smallest absolute Gasteiger partial charge is 0.313 e. The number of sulfonamides is 1. The van der Waals surface area contributed by atoms with E-state index in [-0.39, 0.29) is 28.7 Å². The lowest BCUT2D eigenvalue weighted by Gasteiger charge is -2.10. The minimum absolute atomic E-state index is 0.0225. The first-order chi connectivity index (χ1) is 10.8. The normalized spacial score (nSPS) is 11.2. The second-order valence-corrected chi connectivity index (χ2v) is 7.55. The molecule has 0 aromatic heterocycles. The van der Waals surface area contributed by atoms with Crippen LogP contribution in [-0.4, -0.2) is 50.0 Å². The van der Waals surface area contributed by atoms with Gasteiger partial charge in [-0.2, -0.15) is 0 Å². The van der Waals surface area contributed by atoms with Crippen LogP contribution in [0.3, 0.4) is 0 Å². The van der Waals surface area contributed by atoms with Gasteiger partial charge in [0.05, 0.1) is 10.6 Å². The van der Waals surface area contributed by atoms with Crippen molar-refractivity contribution in [2.24, 2.45) is 0 Å². The molecule has 0 saturated heterocycles. The molecule has 0 aliphatic carbocycles. The summed E-state index contributed by atoms with van der Waals surface area (Å²) in [6.45, 7) is 3.96. The molecule has 128 valence electrons. The Bertz CT molecular complexity index is 674. The molecule has 1 aromatic rings. The second-order valence-electron chi connectivity index (χ2n) is 4.68. The molecule has 0 aliphatic heterocycles. The lowest BCUT2D eigenvalue weighted by molar-refractivity contribution is -0.133. The Kier molecular flexibility index (Phi) is 7.53. The zero-order chi connectivity index (χ0) is 17.5. The average molecular weight is 360 g/mol. The van der Waals surface area contributed by atoms with E-state index in [9.17, 15) is 18.0 Å². The first-order valence-electron chi connectivity index (χ1n) is 6.96. The summed E-state index contributed by atoms with van der Waals surface area (Å²) in [5.41, 5.74) is 0.948. The summed E-state index contributed by atoms with van der Waals surface area (Å²) in [6.07, 6.45) is 0. The summed E-state index contributed by atoms with van der Waals surface area (Å²) in [5.74, 6) is -0.844. The molecule has 1 rings (SSSR count). The van der Waals surface area contributed by atoms with Crippen molar-refractivity contribution in [2.45, 2.75) is 18.7 Å². The average Bonchev–Trinajstić information content (AvgIpc) is 2.46. The Labute approximate surface area is 139 Å². The molecule has 0 saturated carbocycles. The molecular formula is C14H20N2O5S2. The maximum atomic E-state index is 12.1. The van der Waals surface area contributed by atoms with Crippen LogP contribution in [-0.2, 0) is 14.8 Å². The van der Waals surface area contributed by atoms with Gasteiger partial charge in [0.2, 0.25) is 10.0 Å². The number of aliphatic carboxylic acids is 1. The number of benzene rings is 1. The zero-order valence-corrected chi connectivity index (χ0v) is 14.6. The van der Waals surface area contributed by atoms with Gasteiger partial charge in [-0.3, -0.25) is 9.59 Å². The first-order valence-corrected chi connectivity index (χ1v) is 9.59. The van der Waals surface area contributed by atoms with Gasteiger partial charge in [0.25, 0.3) is 5.91 Å². The molecule has 9 heteroatoms. The number of carboxylic acid groups (broad SMARTS) is 1. The molecule has 7 nitrogen and oxygen atoms in total. The summed E-state index contributed by atoms with van der Waals surface area (Å²) < 4.78 is 26.3. The van der Waals surface area contributed by atoms with Crippen LogP contribution >= 0.6 is 11.8 Å². The molecule has 1 aromatic carbocycles. The number of hydrogen-bond acceptors (Lipinski definition) is 5. The molecular weight excluding hydrogens is 340 g/mol. The number of amides is 1. The molecule has 0 atom stereocenters. The summed E-state index contributed by atoms with van der Waals surface area (Å²) in [7, 11) is -3.62. The predicted molar refractivity (Wildman–Crippen MR) is 89.3 cm³/mol. The minimum atomic E-state index is -3.62. The maximum absolute atomic E-state index is 12.1. The Morgan fingerprint density at radius 2 is 2.00 bits per heavy atom. The topological polar surface area (TPSA) is 113 Å². The van der Waals surface area contributed by atoms with Crippen molar-refractivity contribution < 1.29 is 23.1 Å². The second kappa shape index (κ2) is 8.90. The largest absolute Gasteiger partial charge is 0.481 e. The molecule has 0 radical (unpaired) electrons. The van der Waals surface area contributed by atoms with Crippen molar-refractivity contribution >= 4 is 33.7 Å². The van der Waals surface area contributed by atoms with E-state index in [2.05, 4.69) is 10.0 Å². The molecule has 0 bridgehead atoms. The monoisotopic (exact) mass is 360 g/mol. The number of carbonyl (C=O) groups is 2. The van der Waals surface area contributed by atoms with Gasteiger partial charge < -0.3 is 10.4 Å². The van der Waals surface area contributed by atoms with E-state index in [4.69, 9.17) is 5.11 Å². The van der Waals surface area contributed by atoms with Crippen LogP contribution in [0.4, 0.5) is 0 Å². The van der Waals surface area contributed by atoms with Gasteiger partial charge in [-0.15, -0.1) is 11.8 Å². The van der Waals surface area contributed by atoms with E-state index in [0.29, 0.717) is 17.9 Å². The molecule has 0 fully saturated rings. The standard InChI is InChI=1S/C14H20N2O5S2/c1-3-16-23(20,21)11-5-4-10(2)12(8-11)14(19)15-6-7-22-9-13(17)18/h4-5,8,16H,3,6-7,9H2,1-2H3,(H,15,19)(H,17,18). The Morgan fingerprint density at radius 1 is 1.30 bits per heavy atom. The first kappa shape index (κ1) is 19.5. The highest BCUT2D eigenvalue weighted by atomic mass is 32.2. The summed E-state index contributed by atoms with van der Waals surface area (Å²) >= 11 is 1.20. The fourth-order valence-electron chi connectivity index (χ4n) is 1.78. The van der Waals surface area contributed by atoms with Crippen molar-refractivity contribution in [3.63, 3.8) is 0 Å². The van der Waals surface area contributed by atoms with Crippen LogP contribution in [0.1, 0.15) is 22.8 Å². The van der Waals surface area contributed by atoms with Crippen molar-refractivity contribution in [1.82, 2.24) is 10.0 Å². The molecule has 3 N–H and O–H groups in total. The quantitative estimate of drug-likeness (QED) is 0.563.